The van der Waals surface area contributed by atoms with Gasteiger partial charge in [0.1, 0.15) is 0 Å². The van der Waals surface area contributed by atoms with Gasteiger partial charge >= 0.3 is 6.03 Å². The smallest absolute Gasteiger partial charge is 0.315 e. The molecule has 2 bridgehead atoms. The van der Waals surface area contributed by atoms with Gasteiger partial charge in [0, 0.05) is 16.2 Å². The summed E-state index contributed by atoms with van der Waals surface area (Å²) in [6.07, 6.45) is 6.17. The maximum Gasteiger partial charge on any atom is 0.315 e. The minimum atomic E-state index is -0.0407. The Morgan fingerprint density at radius 2 is 2.09 bits per heavy atom. The third-order valence-electron chi connectivity index (χ3n) is 4.88. The molecule has 0 unspecified atom stereocenters. The van der Waals surface area contributed by atoms with E-state index in [1.807, 2.05) is 17.8 Å². The summed E-state index contributed by atoms with van der Waals surface area (Å²) in [5.41, 5.74) is 0. The average Bonchev–Trinajstić information content (AvgIpc) is 2.97. The van der Waals surface area contributed by atoms with Crippen LogP contribution in [0, 0.1) is 0 Å². The fraction of sp³-hybridized carbons (Fsp3) is 0.588. The number of fused-ring (bicyclic) bond motifs is 2. The van der Waals surface area contributed by atoms with Crippen molar-refractivity contribution in [2.45, 2.75) is 60.0 Å². The van der Waals surface area contributed by atoms with Crippen molar-refractivity contribution in [1.29, 1.82) is 0 Å². The number of carbonyl (C=O) groups excluding carboxylic acids is 1. The SMILES string of the molecule is O=C(NCC1(Sc2ccccc2)CC1)N[C@H]1C[C@H]2CC[C@H]1O2. The molecule has 2 aliphatic heterocycles. The fourth-order valence-corrected chi connectivity index (χ4v) is 4.69. The van der Waals surface area contributed by atoms with Crippen LogP contribution in [0.5, 0.6) is 0 Å². The Morgan fingerprint density at radius 1 is 1.27 bits per heavy atom. The second-order valence-corrected chi connectivity index (χ2v) is 8.18. The lowest BCUT2D eigenvalue weighted by Crippen LogP contribution is -2.47. The van der Waals surface area contributed by atoms with Crippen LogP contribution < -0.4 is 10.6 Å². The molecule has 2 N–H and O–H groups in total. The maximum absolute atomic E-state index is 12.1. The van der Waals surface area contributed by atoms with Crippen LogP contribution in [0.1, 0.15) is 32.1 Å². The molecule has 0 radical (unpaired) electrons. The molecular weight excluding hydrogens is 296 g/mol. The number of thioether (sulfide) groups is 1. The van der Waals surface area contributed by atoms with Crippen molar-refractivity contribution in [3.8, 4) is 0 Å². The van der Waals surface area contributed by atoms with Gasteiger partial charge in [-0.05, 0) is 44.2 Å². The van der Waals surface area contributed by atoms with Gasteiger partial charge in [0.2, 0.25) is 0 Å². The third-order valence-corrected chi connectivity index (χ3v) is 6.37. The second kappa shape index (κ2) is 5.78. The molecule has 3 atom stereocenters. The Kier molecular flexibility index (Phi) is 3.78. The van der Waals surface area contributed by atoms with Crippen LogP contribution in [0.25, 0.3) is 0 Å². The Morgan fingerprint density at radius 3 is 2.73 bits per heavy atom. The zero-order valence-corrected chi connectivity index (χ0v) is 13.4. The number of benzene rings is 1. The summed E-state index contributed by atoms with van der Waals surface area (Å²) in [5.74, 6) is 0. The predicted molar refractivity (Wildman–Crippen MR) is 87.1 cm³/mol. The van der Waals surface area contributed by atoms with Gasteiger partial charge in [0.15, 0.2) is 0 Å². The lowest BCUT2D eigenvalue weighted by atomic mass is 9.96. The van der Waals surface area contributed by atoms with E-state index in [4.69, 9.17) is 4.74 Å². The number of carbonyl (C=O) groups is 1. The molecule has 1 aromatic rings. The lowest BCUT2D eigenvalue weighted by Gasteiger charge is -2.21. The van der Waals surface area contributed by atoms with Gasteiger partial charge in [-0.25, -0.2) is 4.79 Å². The third kappa shape index (κ3) is 3.10. The van der Waals surface area contributed by atoms with Crippen molar-refractivity contribution in [3.05, 3.63) is 30.3 Å². The highest BCUT2D eigenvalue weighted by Gasteiger charge is 2.45. The minimum absolute atomic E-state index is 0.0407. The molecule has 5 heteroatoms. The molecule has 118 valence electrons. The summed E-state index contributed by atoms with van der Waals surface area (Å²) in [7, 11) is 0. The summed E-state index contributed by atoms with van der Waals surface area (Å²) in [5, 5.41) is 6.16. The number of hydrogen-bond donors (Lipinski definition) is 2. The van der Waals surface area contributed by atoms with E-state index in [0.717, 1.165) is 25.8 Å². The highest BCUT2D eigenvalue weighted by molar-refractivity contribution is 8.01. The van der Waals surface area contributed by atoms with Crippen LogP contribution >= 0.6 is 11.8 Å². The molecule has 4 nitrogen and oxygen atoms in total. The summed E-state index contributed by atoms with van der Waals surface area (Å²) in [6, 6.07) is 10.6. The molecule has 2 heterocycles. The van der Waals surface area contributed by atoms with Crippen LogP contribution in [-0.4, -0.2) is 35.6 Å². The predicted octanol–water partition coefficient (Wildman–Crippen LogP) is 2.93. The quantitative estimate of drug-likeness (QED) is 0.877. The van der Waals surface area contributed by atoms with E-state index < -0.39 is 0 Å². The molecule has 0 aromatic heterocycles. The van der Waals surface area contributed by atoms with Gasteiger partial charge in [-0.1, -0.05) is 18.2 Å². The van der Waals surface area contributed by atoms with E-state index in [2.05, 4.69) is 34.9 Å². The molecule has 4 rings (SSSR count). The molecule has 3 fully saturated rings. The van der Waals surface area contributed by atoms with Gasteiger partial charge in [-0.2, -0.15) is 0 Å². The Labute approximate surface area is 135 Å². The first-order valence-electron chi connectivity index (χ1n) is 8.16. The first-order chi connectivity index (χ1) is 10.7. The Bertz CT molecular complexity index is 547. The van der Waals surface area contributed by atoms with Gasteiger partial charge < -0.3 is 15.4 Å². The van der Waals surface area contributed by atoms with Crippen LogP contribution in [-0.2, 0) is 4.74 Å². The topological polar surface area (TPSA) is 50.4 Å². The van der Waals surface area contributed by atoms with Crippen molar-refractivity contribution in [2.75, 3.05) is 6.54 Å². The lowest BCUT2D eigenvalue weighted by molar-refractivity contribution is 0.0981. The molecule has 22 heavy (non-hydrogen) atoms. The first kappa shape index (κ1) is 14.4. The number of amides is 2. The summed E-state index contributed by atoms with van der Waals surface area (Å²) in [4.78, 5) is 13.4. The zero-order valence-electron chi connectivity index (χ0n) is 12.6. The molecule has 3 aliphatic rings. The molecule has 0 spiro atoms. The van der Waals surface area contributed by atoms with Crippen LogP contribution in [0.3, 0.4) is 0 Å². The number of rotatable bonds is 5. The summed E-state index contributed by atoms with van der Waals surface area (Å²) < 4.78 is 5.97. The van der Waals surface area contributed by atoms with Crippen molar-refractivity contribution in [2.24, 2.45) is 0 Å². The number of hydrogen-bond acceptors (Lipinski definition) is 3. The molecule has 1 saturated carbocycles. The fourth-order valence-electron chi connectivity index (χ4n) is 3.44. The van der Waals surface area contributed by atoms with E-state index in [-0.39, 0.29) is 22.9 Å². The molecule has 1 aromatic carbocycles. The second-order valence-electron chi connectivity index (χ2n) is 6.64. The Hall–Kier alpha value is -1.20. The molecule has 2 saturated heterocycles. The standard InChI is InChI=1S/C17H22N2O2S/c20-16(19-14-10-12-6-7-15(14)21-12)18-11-17(8-9-17)22-13-4-2-1-3-5-13/h1-5,12,14-15H,6-11H2,(H2,18,19,20)/t12-,14+,15-/m1/s1. The zero-order chi connectivity index (χ0) is 15.0. The van der Waals surface area contributed by atoms with E-state index in [0.29, 0.717) is 6.10 Å². The van der Waals surface area contributed by atoms with Gasteiger partial charge in [0.05, 0.1) is 18.2 Å². The normalized spacial score (nSPS) is 31.0. The van der Waals surface area contributed by atoms with Crippen LogP contribution in [0.4, 0.5) is 4.79 Å². The highest BCUT2D eigenvalue weighted by atomic mass is 32.2. The average molecular weight is 318 g/mol. The number of ether oxygens (including phenoxy) is 1. The largest absolute Gasteiger partial charge is 0.373 e. The first-order valence-corrected chi connectivity index (χ1v) is 8.98. The Balaban J connectivity index is 1.25. The van der Waals surface area contributed by atoms with Crippen molar-refractivity contribution in [3.63, 3.8) is 0 Å². The molecule has 1 aliphatic carbocycles. The van der Waals surface area contributed by atoms with Crippen LogP contribution in [0.2, 0.25) is 0 Å². The van der Waals surface area contributed by atoms with Crippen molar-refractivity contribution in [1.82, 2.24) is 10.6 Å². The number of urea groups is 1. The van der Waals surface area contributed by atoms with Gasteiger partial charge in [-0.15, -0.1) is 11.8 Å². The highest BCUT2D eigenvalue weighted by Crippen LogP contribution is 2.51. The molecular formula is C17H22N2O2S. The summed E-state index contributed by atoms with van der Waals surface area (Å²) in [6.45, 7) is 0.736. The van der Waals surface area contributed by atoms with Gasteiger partial charge in [-0.3, -0.25) is 0 Å². The molecule has 2 amide bonds. The van der Waals surface area contributed by atoms with Crippen molar-refractivity contribution >= 4 is 17.8 Å². The van der Waals surface area contributed by atoms with Crippen molar-refractivity contribution < 1.29 is 9.53 Å². The van der Waals surface area contributed by atoms with E-state index >= 15 is 0 Å². The van der Waals surface area contributed by atoms with Crippen LogP contribution in [0.15, 0.2) is 35.2 Å². The monoisotopic (exact) mass is 318 g/mol. The number of nitrogens with one attached hydrogen (secondary N) is 2. The minimum Gasteiger partial charge on any atom is -0.373 e. The van der Waals surface area contributed by atoms with Gasteiger partial charge in [0.25, 0.3) is 0 Å². The maximum atomic E-state index is 12.1. The van der Waals surface area contributed by atoms with E-state index in [1.165, 1.54) is 17.7 Å². The van der Waals surface area contributed by atoms with E-state index in [9.17, 15) is 4.79 Å². The summed E-state index contributed by atoms with van der Waals surface area (Å²) >= 11 is 1.89. The van der Waals surface area contributed by atoms with E-state index in [1.54, 1.807) is 0 Å².